The highest BCUT2D eigenvalue weighted by Gasteiger charge is 2.18. The predicted octanol–water partition coefficient (Wildman–Crippen LogP) is 5.83. The molecule has 0 fully saturated rings. The van der Waals surface area contributed by atoms with Gasteiger partial charge in [-0.2, -0.15) is 8.78 Å². The van der Waals surface area contributed by atoms with E-state index in [0.29, 0.717) is 44.5 Å². The summed E-state index contributed by atoms with van der Waals surface area (Å²) in [5.74, 6) is 0.518. The van der Waals surface area contributed by atoms with Crippen molar-refractivity contribution in [2.45, 2.75) is 13.5 Å². The maximum absolute atomic E-state index is 12.7. The number of amides is 1. The van der Waals surface area contributed by atoms with E-state index < -0.39 is 12.5 Å². The van der Waals surface area contributed by atoms with Crippen molar-refractivity contribution < 1.29 is 27.8 Å². The average Bonchev–Trinajstić information content (AvgIpc) is 3.17. The number of aromatic nitrogens is 1. The number of ether oxygens (including phenoxy) is 3. The molecule has 30 heavy (non-hydrogen) atoms. The van der Waals surface area contributed by atoms with E-state index in [2.05, 4.69) is 31.0 Å². The molecule has 1 aromatic heterocycles. The van der Waals surface area contributed by atoms with Gasteiger partial charge in [-0.1, -0.05) is 12.1 Å². The molecule has 158 valence electrons. The molecule has 3 aromatic rings. The van der Waals surface area contributed by atoms with Crippen LogP contribution in [0.5, 0.6) is 17.2 Å². The Labute approximate surface area is 183 Å². The van der Waals surface area contributed by atoms with Gasteiger partial charge in [-0.3, -0.25) is 10.1 Å². The van der Waals surface area contributed by atoms with E-state index >= 15 is 0 Å². The third kappa shape index (κ3) is 5.06. The van der Waals surface area contributed by atoms with Crippen molar-refractivity contribution >= 4 is 38.3 Å². The van der Waals surface area contributed by atoms with Crippen molar-refractivity contribution in [3.8, 4) is 28.5 Å². The quantitative estimate of drug-likeness (QED) is 0.422. The summed E-state index contributed by atoms with van der Waals surface area (Å²) in [6, 6.07) is 9.51. The maximum atomic E-state index is 12.7. The molecule has 0 spiro atoms. The van der Waals surface area contributed by atoms with Crippen LogP contribution < -0.4 is 19.5 Å². The highest BCUT2D eigenvalue weighted by molar-refractivity contribution is 9.10. The maximum Gasteiger partial charge on any atom is 0.387 e. The molecular weight excluding hydrogens is 482 g/mol. The molecule has 0 aliphatic rings. The van der Waals surface area contributed by atoms with E-state index in [9.17, 15) is 13.6 Å². The van der Waals surface area contributed by atoms with Gasteiger partial charge in [0.05, 0.1) is 23.9 Å². The van der Waals surface area contributed by atoms with E-state index in [1.54, 1.807) is 35.7 Å². The number of benzene rings is 2. The van der Waals surface area contributed by atoms with Crippen molar-refractivity contribution in [3.05, 3.63) is 51.8 Å². The van der Waals surface area contributed by atoms with Gasteiger partial charge in [0.25, 0.3) is 5.91 Å². The molecule has 1 amide bonds. The summed E-state index contributed by atoms with van der Waals surface area (Å²) in [6.45, 7) is -0.659. The zero-order chi connectivity index (χ0) is 21.7. The number of nitrogens with zero attached hydrogens (tertiary/aromatic N) is 1. The molecule has 0 unspecified atom stereocenters. The summed E-state index contributed by atoms with van der Waals surface area (Å²) in [5, 5.41) is 4.66. The molecule has 1 N–H and O–H groups in total. The van der Waals surface area contributed by atoms with E-state index in [-0.39, 0.29) is 5.75 Å². The van der Waals surface area contributed by atoms with E-state index in [1.807, 2.05) is 6.92 Å². The fraction of sp³-hybridized carbons (Fsp3) is 0.200. The van der Waals surface area contributed by atoms with Gasteiger partial charge >= 0.3 is 6.61 Å². The van der Waals surface area contributed by atoms with Gasteiger partial charge in [0.15, 0.2) is 16.6 Å². The third-order valence-corrected chi connectivity index (χ3v) is 5.23. The first-order chi connectivity index (χ1) is 14.4. The zero-order valence-electron chi connectivity index (χ0n) is 15.9. The first-order valence-electron chi connectivity index (χ1n) is 8.74. The summed E-state index contributed by atoms with van der Waals surface area (Å²) in [4.78, 5) is 17.0. The van der Waals surface area contributed by atoms with Gasteiger partial charge in [0, 0.05) is 16.5 Å². The lowest BCUT2D eigenvalue weighted by atomic mass is 10.1. The second-order valence-corrected chi connectivity index (χ2v) is 7.50. The van der Waals surface area contributed by atoms with Crippen LogP contribution in [0, 0.1) is 0 Å². The van der Waals surface area contributed by atoms with Crippen molar-refractivity contribution in [1.29, 1.82) is 0 Å². The van der Waals surface area contributed by atoms with Gasteiger partial charge in [0.1, 0.15) is 5.75 Å². The molecule has 0 saturated carbocycles. The van der Waals surface area contributed by atoms with Crippen molar-refractivity contribution in [1.82, 2.24) is 4.98 Å². The second-order valence-electron chi connectivity index (χ2n) is 5.79. The van der Waals surface area contributed by atoms with Crippen LogP contribution >= 0.6 is 27.3 Å². The van der Waals surface area contributed by atoms with E-state index in [1.165, 1.54) is 24.5 Å². The first kappa shape index (κ1) is 22.0. The Hall–Kier alpha value is -2.72. The van der Waals surface area contributed by atoms with Gasteiger partial charge in [-0.05, 0) is 47.1 Å². The number of carbonyl (C=O) groups excluding carboxylic acids is 1. The second kappa shape index (κ2) is 9.86. The molecule has 1 heterocycles. The SMILES string of the molecule is CCOc1c(Br)cc(C(=O)Nc2nc(-c3ccccc3OC(F)F)cs2)cc1OC. The minimum Gasteiger partial charge on any atom is -0.493 e. The lowest BCUT2D eigenvalue weighted by Crippen LogP contribution is -2.12. The van der Waals surface area contributed by atoms with Crippen LogP contribution in [0.3, 0.4) is 0 Å². The minimum atomic E-state index is -2.95. The molecule has 3 rings (SSSR count). The Morgan fingerprint density at radius 3 is 2.73 bits per heavy atom. The summed E-state index contributed by atoms with van der Waals surface area (Å²) < 4.78 is 41.2. The Bertz CT molecular complexity index is 1050. The fourth-order valence-electron chi connectivity index (χ4n) is 2.64. The lowest BCUT2D eigenvalue weighted by Gasteiger charge is -2.13. The van der Waals surface area contributed by atoms with Crippen LogP contribution in [0.2, 0.25) is 0 Å². The summed E-state index contributed by atoms with van der Waals surface area (Å²) in [5.41, 5.74) is 1.15. The number of methoxy groups -OCH3 is 1. The number of thiazole rings is 1. The monoisotopic (exact) mass is 498 g/mol. The largest absolute Gasteiger partial charge is 0.493 e. The van der Waals surface area contributed by atoms with Crippen LogP contribution in [0.25, 0.3) is 11.3 Å². The smallest absolute Gasteiger partial charge is 0.387 e. The molecule has 6 nitrogen and oxygen atoms in total. The molecule has 0 saturated heterocycles. The van der Waals surface area contributed by atoms with E-state index in [4.69, 9.17) is 9.47 Å². The van der Waals surface area contributed by atoms with Crippen molar-refractivity contribution in [3.63, 3.8) is 0 Å². The summed E-state index contributed by atoms with van der Waals surface area (Å²) in [6.07, 6.45) is 0. The number of anilines is 1. The number of para-hydroxylation sites is 1. The summed E-state index contributed by atoms with van der Waals surface area (Å²) in [7, 11) is 1.48. The Morgan fingerprint density at radius 2 is 2.03 bits per heavy atom. The Kier molecular flexibility index (Phi) is 7.22. The van der Waals surface area contributed by atoms with Crippen LogP contribution in [0.1, 0.15) is 17.3 Å². The van der Waals surface area contributed by atoms with Gasteiger partial charge in [-0.15, -0.1) is 11.3 Å². The molecule has 0 aliphatic carbocycles. The molecule has 0 atom stereocenters. The standard InChI is InChI=1S/C20H17BrF2N2O4S/c1-3-28-17-13(21)8-11(9-16(17)27-2)18(26)25-20-24-14(10-30-20)12-6-4-5-7-15(12)29-19(22)23/h4-10,19H,3H2,1-2H3,(H,24,25,26). The predicted molar refractivity (Wildman–Crippen MR) is 114 cm³/mol. The molecule has 10 heteroatoms. The average molecular weight is 499 g/mol. The number of carbonyl (C=O) groups is 1. The number of rotatable bonds is 8. The fourth-order valence-corrected chi connectivity index (χ4v) is 3.90. The lowest BCUT2D eigenvalue weighted by molar-refractivity contribution is -0.0494. The Morgan fingerprint density at radius 1 is 1.27 bits per heavy atom. The van der Waals surface area contributed by atoms with Gasteiger partial charge in [0.2, 0.25) is 0 Å². The molecule has 0 radical (unpaired) electrons. The number of hydrogen-bond acceptors (Lipinski definition) is 6. The van der Waals surface area contributed by atoms with Crippen molar-refractivity contribution in [2.75, 3.05) is 19.0 Å². The van der Waals surface area contributed by atoms with Gasteiger partial charge in [-0.25, -0.2) is 4.98 Å². The van der Waals surface area contributed by atoms with Crippen LogP contribution in [-0.4, -0.2) is 31.2 Å². The number of alkyl halides is 2. The normalized spacial score (nSPS) is 10.7. The van der Waals surface area contributed by atoms with Crippen molar-refractivity contribution in [2.24, 2.45) is 0 Å². The summed E-state index contributed by atoms with van der Waals surface area (Å²) >= 11 is 4.55. The molecule has 0 aliphatic heterocycles. The topological polar surface area (TPSA) is 69.7 Å². The zero-order valence-corrected chi connectivity index (χ0v) is 18.4. The van der Waals surface area contributed by atoms with Crippen LogP contribution in [0.15, 0.2) is 46.3 Å². The molecular formula is C20H17BrF2N2O4S. The third-order valence-electron chi connectivity index (χ3n) is 3.88. The van der Waals surface area contributed by atoms with E-state index in [0.717, 1.165) is 0 Å². The first-order valence-corrected chi connectivity index (χ1v) is 10.4. The highest BCUT2D eigenvalue weighted by Crippen LogP contribution is 2.37. The number of halogens is 3. The number of hydrogen-bond donors (Lipinski definition) is 1. The Balaban J connectivity index is 1.82. The van der Waals surface area contributed by atoms with Crippen LogP contribution in [-0.2, 0) is 0 Å². The minimum absolute atomic E-state index is 0.0101. The highest BCUT2D eigenvalue weighted by atomic mass is 79.9. The van der Waals surface area contributed by atoms with Crippen LogP contribution in [0.4, 0.5) is 13.9 Å². The molecule has 2 aromatic carbocycles. The van der Waals surface area contributed by atoms with Gasteiger partial charge < -0.3 is 14.2 Å². The number of nitrogens with one attached hydrogen (secondary N) is 1. The molecule has 0 bridgehead atoms.